The maximum atomic E-state index is 11.7. The molecule has 0 aliphatic rings. The van der Waals surface area contributed by atoms with Crippen LogP contribution in [0.3, 0.4) is 0 Å². The molecule has 3 N–H and O–H groups in total. The van der Waals surface area contributed by atoms with E-state index in [4.69, 9.17) is 0 Å². The molecule has 7 heteroatoms. The second kappa shape index (κ2) is 5.68. The van der Waals surface area contributed by atoms with Gasteiger partial charge in [-0.2, -0.15) is 0 Å². The fourth-order valence-electron chi connectivity index (χ4n) is 1.48. The van der Waals surface area contributed by atoms with E-state index in [1.807, 2.05) is 29.8 Å². The standard InChI is InChI=1S/C12H15N3O2S2/c1-8-6-19-11(14-8)15-10(16)13-7-12(2,17)9-4-3-5-18-9/h3-6,17H,7H2,1-2H3,(H2,13,14,15,16). The van der Waals surface area contributed by atoms with E-state index in [0.717, 1.165) is 10.6 Å². The van der Waals surface area contributed by atoms with Gasteiger partial charge in [-0.25, -0.2) is 9.78 Å². The van der Waals surface area contributed by atoms with Crippen molar-refractivity contribution in [3.63, 3.8) is 0 Å². The Morgan fingerprint density at radius 2 is 2.32 bits per heavy atom. The number of urea groups is 1. The predicted molar refractivity (Wildman–Crippen MR) is 77.8 cm³/mol. The minimum Gasteiger partial charge on any atom is -0.383 e. The SMILES string of the molecule is Cc1csc(NC(=O)NCC(C)(O)c2cccs2)n1. The van der Waals surface area contributed by atoms with E-state index in [0.29, 0.717) is 5.13 Å². The number of aryl methyl sites for hydroxylation is 1. The van der Waals surface area contributed by atoms with E-state index in [2.05, 4.69) is 15.6 Å². The highest BCUT2D eigenvalue weighted by Gasteiger charge is 2.24. The summed E-state index contributed by atoms with van der Waals surface area (Å²) in [5.41, 5.74) is -0.199. The van der Waals surface area contributed by atoms with Crippen molar-refractivity contribution in [2.24, 2.45) is 0 Å². The van der Waals surface area contributed by atoms with Crippen LogP contribution in [0.1, 0.15) is 17.5 Å². The number of hydrogen-bond donors (Lipinski definition) is 3. The number of hydrogen-bond acceptors (Lipinski definition) is 5. The van der Waals surface area contributed by atoms with Crippen LogP contribution in [-0.2, 0) is 5.60 Å². The lowest BCUT2D eigenvalue weighted by Crippen LogP contribution is -2.40. The van der Waals surface area contributed by atoms with Gasteiger partial charge in [0.25, 0.3) is 0 Å². The maximum Gasteiger partial charge on any atom is 0.321 e. The maximum absolute atomic E-state index is 11.7. The zero-order valence-corrected chi connectivity index (χ0v) is 12.3. The van der Waals surface area contributed by atoms with E-state index >= 15 is 0 Å². The van der Waals surface area contributed by atoms with Crippen LogP contribution in [0.2, 0.25) is 0 Å². The van der Waals surface area contributed by atoms with Gasteiger partial charge in [-0.15, -0.1) is 22.7 Å². The summed E-state index contributed by atoms with van der Waals surface area (Å²) < 4.78 is 0. The molecule has 2 rings (SSSR count). The fourth-order valence-corrected chi connectivity index (χ4v) is 2.95. The van der Waals surface area contributed by atoms with E-state index in [9.17, 15) is 9.90 Å². The number of anilines is 1. The van der Waals surface area contributed by atoms with Crippen LogP contribution in [0.4, 0.5) is 9.93 Å². The van der Waals surface area contributed by atoms with Crippen molar-refractivity contribution in [3.05, 3.63) is 33.5 Å². The summed E-state index contributed by atoms with van der Waals surface area (Å²) in [6, 6.07) is 3.34. The molecule has 2 aromatic heterocycles. The van der Waals surface area contributed by atoms with Crippen molar-refractivity contribution in [3.8, 4) is 0 Å². The first kappa shape index (κ1) is 14.0. The third kappa shape index (κ3) is 3.76. The van der Waals surface area contributed by atoms with Crippen molar-refractivity contribution >= 4 is 33.8 Å². The molecule has 0 saturated carbocycles. The van der Waals surface area contributed by atoms with Crippen molar-refractivity contribution in [1.82, 2.24) is 10.3 Å². The summed E-state index contributed by atoms with van der Waals surface area (Å²) in [4.78, 5) is 16.6. The molecule has 2 aromatic rings. The Morgan fingerprint density at radius 1 is 1.53 bits per heavy atom. The van der Waals surface area contributed by atoms with Gasteiger partial charge in [0, 0.05) is 10.3 Å². The minimum absolute atomic E-state index is 0.143. The molecule has 2 amide bonds. The number of carbonyl (C=O) groups is 1. The highest BCUT2D eigenvalue weighted by molar-refractivity contribution is 7.13. The molecule has 1 unspecified atom stereocenters. The van der Waals surface area contributed by atoms with Gasteiger partial charge >= 0.3 is 6.03 Å². The normalized spacial score (nSPS) is 13.8. The second-order valence-electron chi connectivity index (χ2n) is 4.35. The number of nitrogens with zero attached hydrogens (tertiary/aromatic N) is 1. The lowest BCUT2D eigenvalue weighted by molar-refractivity contribution is 0.0637. The summed E-state index contributed by atoms with van der Waals surface area (Å²) in [6.07, 6.45) is 0. The molecule has 19 heavy (non-hydrogen) atoms. The Balaban J connectivity index is 1.87. The Hall–Kier alpha value is -1.44. The smallest absolute Gasteiger partial charge is 0.321 e. The van der Waals surface area contributed by atoms with E-state index in [-0.39, 0.29) is 12.6 Å². The van der Waals surface area contributed by atoms with Crippen molar-refractivity contribution in [2.75, 3.05) is 11.9 Å². The number of amides is 2. The third-order valence-electron chi connectivity index (χ3n) is 2.48. The number of carbonyl (C=O) groups excluding carboxylic acids is 1. The van der Waals surface area contributed by atoms with Gasteiger partial charge < -0.3 is 10.4 Å². The summed E-state index contributed by atoms with van der Waals surface area (Å²) >= 11 is 2.82. The van der Waals surface area contributed by atoms with Crippen molar-refractivity contribution in [2.45, 2.75) is 19.4 Å². The van der Waals surface area contributed by atoms with Crippen LogP contribution in [0.25, 0.3) is 0 Å². The van der Waals surface area contributed by atoms with Crippen LogP contribution in [0.15, 0.2) is 22.9 Å². The second-order valence-corrected chi connectivity index (χ2v) is 6.16. The van der Waals surface area contributed by atoms with Crippen LogP contribution in [0, 0.1) is 6.92 Å². The number of aromatic nitrogens is 1. The zero-order valence-electron chi connectivity index (χ0n) is 10.6. The topological polar surface area (TPSA) is 74.2 Å². The number of thiophene rings is 1. The average molecular weight is 297 g/mol. The van der Waals surface area contributed by atoms with Gasteiger partial charge in [0.2, 0.25) is 0 Å². The number of aliphatic hydroxyl groups is 1. The number of nitrogens with one attached hydrogen (secondary N) is 2. The van der Waals surface area contributed by atoms with Gasteiger partial charge in [-0.3, -0.25) is 5.32 Å². The van der Waals surface area contributed by atoms with E-state index < -0.39 is 5.60 Å². The molecule has 0 aliphatic carbocycles. The lowest BCUT2D eigenvalue weighted by atomic mass is 10.1. The van der Waals surface area contributed by atoms with Gasteiger partial charge in [-0.05, 0) is 25.3 Å². The largest absolute Gasteiger partial charge is 0.383 e. The first-order valence-electron chi connectivity index (χ1n) is 5.71. The first-order chi connectivity index (χ1) is 8.97. The molecule has 0 radical (unpaired) electrons. The molecule has 0 aromatic carbocycles. The summed E-state index contributed by atoms with van der Waals surface area (Å²) in [5, 5.41) is 19.8. The molecule has 5 nitrogen and oxygen atoms in total. The zero-order chi connectivity index (χ0) is 13.9. The molecule has 1 atom stereocenters. The Morgan fingerprint density at radius 3 is 2.89 bits per heavy atom. The molecule has 0 bridgehead atoms. The monoisotopic (exact) mass is 297 g/mol. The number of thiazole rings is 1. The predicted octanol–water partition coefficient (Wildman–Crippen LogP) is 2.54. The van der Waals surface area contributed by atoms with Crippen LogP contribution < -0.4 is 10.6 Å². The van der Waals surface area contributed by atoms with Gasteiger partial charge in [0.05, 0.1) is 12.2 Å². The van der Waals surface area contributed by atoms with Crippen LogP contribution >= 0.6 is 22.7 Å². The molecule has 0 aliphatic heterocycles. The number of rotatable bonds is 4. The molecule has 0 spiro atoms. The average Bonchev–Trinajstić information content (AvgIpc) is 2.98. The quantitative estimate of drug-likeness (QED) is 0.812. The third-order valence-corrected chi connectivity index (χ3v) is 4.48. The lowest BCUT2D eigenvalue weighted by Gasteiger charge is -2.22. The molecular formula is C12H15N3O2S2. The molecule has 2 heterocycles. The van der Waals surface area contributed by atoms with Crippen LogP contribution in [-0.4, -0.2) is 22.7 Å². The molecule has 102 valence electrons. The van der Waals surface area contributed by atoms with Crippen molar-refractivity contribution in [1.29, 1.82) is 0 Å². The summed E-state index contributed by atoms with van der Waals surface area (Å²) in [5.74, 6) is 0. The van der Waals surface area contributed by atoms with Gasteiger partial charge in [-0.1, -0.05) is 6.07 Å². The van der Waals surface area contributed by atoms with Crippen molar-refractivity contribution < 1.29 is 9.90 Å². The van der Waals surface area contributed by atoms with Gasteiger partial charge in [0.15, 0.2) is 5.13 Å². The molecule has 0 saturated heterocycles. The highest BCUT2D eigenvalue weighted by atomic mass is 32.1. The highest BCUT2D eigenvalue weighted by Crippen LogP contribution is 2.24. The Labute approximate surface area is 119 Å². The minimum atomic E-state index is -1.07. The molecule has 0 fully saturated rings. The first-order valence-corrected chi connectivity index (χ1v) is 7.47. The summed E-state index contributed by atoms with van der Waals surface area (Å²) in [7, 11) is 0. The van der Waals surface area contributed by atoms with Crippen LogP contribution in [0.5, 0.6) is 0 Å². The Bertz CT molecular complexity index is 549. The fraction of sp³-hybridized carbons (Fsp3) is 0.333. The molecular weight excluding hydrogens is 282 g/mol. The summed E-state index contributed by atoms with van der Waals surface area (Å²) in [6.45, 7) is 3.68. The van der Waals surface area contributed by atoms with E-state index in [1.54, 1.807) is 6.92 Å². The van der Waals surface area contributed by atoms with Gasteiger partial charge in [0.1, 0.15) is 5.60 Å². The van der Waals surface area contributed by atoms with E-state index in [1.165, 1.54) is 22.7 Å². The Kier molecular flexibility index (Phi) is 4.18.